The van der Waals surface area contributed by atoms with Crippen LogP contribution in [0, 0.1) is 5.92 Å². The second-order valence-corrected chi connectivity index (χ2v) is 10.0. The van der Waals surface area contributed by atoms with Crippen LogP contribution in [0.25, 0.3) is 44.5 Å². The average Bonchev–Trinajstić information content (AvgIpc) is 3.53. The molecule has 188 valence electrons. The Bertz CT molecular complexity index is 1590. The lowest BCUT2D eigenvalue weighted by molar-refractivity contribution is -0.118. The third kappa shape index (κ3) is 4.42. The Morgan fingerprint density at radius 3 is 2.65 bits per heavy atom. The number of anilines is 2. The molecule has 0 unspecified atom stereocenters. The van der Waals surface area contributed by atoms with Gasteiger partial charge in [-0.05, 0) is 42.9 Å². The van der Waals surface area contributed by atoms with Crippen molar-refractivity contribution in [2.24, 2.45) is 5.92 Å². The zero-order valence-corrected chi connectivity index (χ0v) is 21.2. The molecule has 9 nitrogen and oxygen atoms in total. The summed E-state index contributed by atoms with van der Waals surface area (Å²) in [6.07, 6.45) is 5.34. The molecule has 1 fully saturated rings. The fourth-order valence-corrected chi connectivity index (χ4v) is 4.82. The first kappa shape index (κ1) is 23.2. The number of piperazine rings is 1. The van der Waals surface area contributed by atoms with Crippen LogP contribution in [0.4, 0.5) is 11.4 Å². The molecule has 4 aromatic heterocycles. The van der Waals surface area contributed by atoms with E-state index in [4.69, 9.17) is 0 Å². The van der Waals surface area contributed by atoms with E-state index in [1.165, 1.54) is 5.69 Å². The molecule has 0 atom stereocenters. The molecule has 3 N–H and O–H groups in total. The number of carbonyl (C=O) groups is 1. The van der Waals surface area contributed by atoms with Gasteiger partial charge in [-0.3, -0.25) is 14.9 Å². The number of H-pyrrole nitrogens is 2. The lowest BCUT2D eigenvalue weighted by atomic mass is 10.0. The fraction of sp³-hybridized carbons (Fsp3) is 0.286. The molecule has 6 rings (SSSR count). The molecule has 0 radical (unpaired) electrons. The summed E-state index contributed by atoms with van der Waals surface area (Å²) in [6, 6.07) is 12.4. The number of rotatable bonds is 5. The normalized spacial score (nSPS) is 14.6. The van der Waals surface area contributed by atoms with Crippen molar-refractivity contribution in [2.75, 3.05) is 43.4 Å². The zero-order chi connectivity index (χ0) is 25.5. The highest BCUT2D eigenvalue weighted by Crippen LogP contribution is 2.34. The summed E-state index contributed by atoms with van der Waals surface area (Å²) >= 11 is 0. The summed E-state index contributed by atoms with van der Waals surface area (Å²) in [6.45, 7) is 7.82. The maximum absolute atomic E-state index is 12.1. The number of aromatic amines is 2. The quantitative estimate of drug-likeness (QED) is 0.332. The van der Waals surface area contributed by atoms with E-state index in [0.717, 1.165) is 70.6 Å². The first-order valence-corrected chi connectivity index (χ1v) is 12.6. The minimum Gasteiger partial charge on any atom is -0.368 e. The van der Waals surface area contributed by atoms with Gasteiger partial charge in [-0.1, -0.05) is 19.9 Å². The van der Waals surface area contributed by atoms with Crippen LogP contribution in [0.2, 0.25) is 0 Å². The van der Waals surface area contributed by atoms with Gasteiger partial charge in [0.15, 0.2) is 0 Å². The first-order chi connectivity index (χ1) is 18.0. The number of hydrogen-bond donors (Lipinski definition) is 3. The Morgan fingerprint density at radius 2 is 1.84 bits per heavy atom. The van der Waals surface area contributed by atoms with Crippen molar-refractivity contribution in [2.45, 2.75) is 13.8 Å². The molecule has 1 amide bonds. The minimum absolute atomic E-state index is 0.0325. The predicted molar refractivity (Wildman–Crippen MR) is 148 cm³/mol. The van der Waals surface area contributed by atoms with Crippen LogP contribution >= 0.6 is 0 Å². The summed E-state index contributed by atoms with van der Waals surface area (Å²) < 4.78 is 0. The van der Waals surface area contributed by atoms with Gasteiger partial charge in [0.1, 0.15) is 11.3 Å². The van der Waals surface area contributed by atoms with Crippen molar-refractivity contribution in [1.82, 2.24) is 30.0 Å². The largest absolute Gasteiger partial charge is 0.368 e. The maximum atomic E-state index is 12.1. The Balaban J connectivity index is 1.36. The van der Waals surface area contributed by atoms with E-state index in [1.807, 2.05) is 38.2 Å². The van der Waals surface area contributed by atoms with Gasteiger partial charge < -0.3 is 20.1 Å². The lowest BCUT2D eigenvalue weighted by Crippen LogP contribution is -2.44. The van der Waals surface area contributed by atoms with Gasteiger partial charge in [-0.25, -0.2) is 4.98 Å². The molecule has 0 aliphatic carbocycles. The molecule has 0 spiro atoms. The maximum Gasteiger partial charge on any atom is 0.226 e. The Labute approximate surface area is 214 Å². The van der Waals surface area contributed by atoms with Gasteiger partial charge in [0.2, 0.25) is 5.91 Å². The number of hydrogen-bond acceptors (Lipinski definition) is 6. The summed E-state index contributed by atoms with van der Waals surface area (Å²) in [5.74, 6) is -0.133. The minimum atomic E-state index is -0.101. The van der Waals surface area contributed by atoms with Crippen LogP contribution in [0.3, 0.4) is 0 Å². The second-order valence-electron chi connectivity index (χ2n) is 10.0. The number of amides is 1. The van der Waals surface area contributed by atoms with Crippen LogP contribution in [0.5, 0.6) is 0 Å². The number of likely N-dealkylation sites (N-methyl/N-ethyl adjacent to an activating group) is 1. The molecule has 1 aliphatic rings. The topological polar surface area (TPSA) is 106 Å². The zero-order valence-electron chi connectivity index (χ0n) is 21.2. The SMILES string of the molecule is CC(C)C(=O)Nc1cncc(-c2ccc3[nH]nc(-c4cc5c(N6CCN(C)CC6)ccnc5[nH]4)c3c2)c1. The third-order valence-corrected chi connectivity index (χ3v) is 7.03. The number of aromatic nitrogens is 5. The highest BCUT2D eigenvalue weighted by atomic mass is 16.1. The molecule has 1 aliphatic heterocycles. The van der Waals surface area contributed by atoms with E-state index in [1.54, 1.807) is 12.4 Å². The highest BCUT2D eigenvalue weighted by Gasteiger charge is 2.19. The molecule has 1 aromatic carbocycles. The fourth-order valence-electron chi connectivity index (χ4n) is 4.82. The van der Waals surface area contributed by atoms with Crippen LogP contribution in [-0.4, -0.2) is 69.2 Å². The van der Waals surface area contributed by atoms with E-state index < -0.39 is 0 Å². The number of fused-ring (bicyclic) bond motifs is 2. The molecule has 37 heavy (non-hydrogen) atoms. The van der Waals surface area contributed by atoms with Crippen molar-refractivity contribution in [3.63, 3.8) is 0 Å². The molecule has 9 heteroatoms. The van der Waals surface area contributed by atoms with Crippen LogP contribution < -0.4 is 10.2 Å². The molecule has 5 aromatic rings. The Morgan fingerprint density at radius 1 is 1.00 bits per heavy atom. The van der Waals surface area contributed by atoms with E-state index >= 15 is 0 Å². The van der Waals surface area contributed by atoms with Crippen molar-refractivity contribution in [3.8, 4) is 22.5 Å². The first-order valence-electron chi connectivity index (χ1n) is 12.6. The van der Waals surface area contributed by atoms with Gasteiger partial charge in [0.05, 0.1) is 23.1 Å². The smallest absolute Gasteiger partial charge is 0.226 e. The molecule has 5 heterocycles. The van der Waals surface area contributed by atoms with Crippen LogP contribution in [0.15, 0.2) is 55.0 Å². The van der Waals surface area contributed by atoms with E-state index in [2.05, 4.69) is 65.5 Å². The Hall–Kier alpha value is -4.24. The van der Waals surface area contributed by atoms with Crippen molar-refractivity contribution >= 4 is 39.2 Å². The average molecular weight is 495 g/mol. The van der Waals surface area contributed by atoms with Crippen molar-refractivity contribution in [3.05, 3.63) is 55.0 Å². The van der Waals surface area contributed by atoms with Crippen LogP contribution in [-0.2, 0) is 4.79 Å². The third-order valence-electron chi connectivity index (χ3n) is 7.03. The standard InChI is InChI=1S/C28H30N8O/c1-17(2)28(37)31-20-12-19(15-29-16-20)18-4-5-23-21(13-18)26(34-33-23)24-14-22-25(6-7-30-27(22)32-24)36-10-8-35(3)9-11-36/h4-7,12-17H,8-11H2,1-3H3,(H,30,32)(H,31,37)(H,33,34). The predicted octanol–water partition coefficient (Wildman–Crippen LogP) is 4.51. The summed E-state index contributed by atoms with van der Waals surface area (Å²) in [7, 11) is 2.17. The van der Waals surface area contributed by atoms with Crippen LogP contribution in [0.1, 0.15) is 13.8 Å². The summed E-state index contributed by atoms with van der Waals surface area (Å²) in [5.41, 5.74) is 7.37. The van der Waals surface area contributed by atoms with Crippen molar-refractivity contribution < 1.29 is 4.79 Å². The van der Waals surface area contributed by atoms with Crippen molar-refractivity contribution in [1.29, 1.82) is 0 Å². The number of nitrogens with zero attached hydrogens (tertiary/aromatic N) is 5. The molecule has 0 bridgehead atoms. The number of pyridine rings is 2. The number of benzene rings is 1. The Kier molecular flexibility index (Phi) is 5.84. The summed E-state index contributed by atoms with van der Waals surface area (Å²) in [4.78, 5) is 29.4. The molecule has 0 saturated carbocycles. The number of carbonyl (C=O) groups excluding carboxylic acids is 1. The monoisotopic (exact) mass is 494 g/mol. The van der Waals surface area contributed by atoms with E-state index in [0.29, 0.717) is 5.69 Å². The van der Waals surface area contributed by atoms with Gasteiger partial charge in [0.25, 0.3) is 0 Å². The molecular weight excluding hydrogens is 464 g/mol. The molecule has 1 saturated heterocycles. The number of nitrogens with one attached hydrogen (secondary N) is 3. The van der Waals surface area contributed by atoms with E-state index in [-0.39, 0.29) is 11.8 Å². The highest BCUT2D eigenvalue weighted by molar-refractivity contribution is 6.00. The second kappa shape index (κ2) is 9.33. The van der Waals surface area contributed by atoms with Gasteiger partial charge in [0, 0.05) is 66.5 Å². The molecular formula is C28H30N8O. The van der Waals surface area contributed by atoms with E-state index in [9.17, 15) is 4.79 Å². The van der Waals surface area contributed by atoms with Gasteiger partial charge in [-0.2, -0.15) is 5.10 Å². The van der Waals surface area contributed by atoms with Gasteiger partial charge >= 0.3 is 0 Å². The van der Waals surface area contributed by atoms with Gasteiger partial charge in [-0.15, -0.1) is 0 Å². The lowest BCUT2D eigenvalue weighted by Gasteiger charge is -2.34. The summed E-state index contributed by atoms with van der Waals surface area (Å²) in [5, 5.41) is 12.8.